The average molecular weight is 296 g/mol. The first-order valence-electron chi connectivity index (χ1n) is 5.93. The molecule has 0 saturated heterocycles. The van der Waals surface area contributed by atoms with Gasteiger partial charge in [0.2, 0.25) is 10.0 Å². The second-order valence-electron chi connectivity index (χ2n) is 4.26. The maximum atomic E-state index is 12.4. The van der Waals surface area contributed by atoms with Crippen LogP contribution >= 0.6 is 0 Å². The summed E-state index contributed by atoms with van der Waals surface area (Å²) in [4.78, 5) is 3.95. The summed E-state index contributed by atoms with van der Waals surface area (Å²) in [6.07, 6.45) is 4.34. The number of hydrogen-bond acceptors (Lipinski definition) is 6. The summed E-state index contributed by atoms with van der Waals surface area (Å²) in [5.41, 5.74) is 0.484. The molecule has 0 aliphatic carbocycles. The third-order valence-electron chi connectivity index (χ3n) is 2.81. The quantitative estimate of drug-likeness (QED) is 0.822. The van der Waals surface area contributed by atoms with Crippen LogP contribution in [0.4, 0.5) is 5.69 Å². The third kappa shape index (κ3) is 2.78. The van der Waals surface area contributed by atoms with Gasteiger partial charge in [-0.2, -0.15) is 0 Å². The molecule has 20 heavy (non-hydrogen) atoms. The van der Waals surface area contributed by atoms with Crippen molar-refractivity contribution in [3.05, 3.63) is 30.6 Å². The SMILES string of the molecule is CNc1ccncc1S(=O)(=O)NC(C)c1nncn1C. The van der Waals surface area contributed by atoms with E-state index in [1.807, 2.05) is 0 Å². The van der Waals surface area contributed by atoms with Crippen LogP contribution in [-0.2, 0) is 17.1 Å². The molecular formula is C11H16N6O2S. The van der Waals surface area contributed by atoms with Crippen molar-refractivity contribution in [3.63, 3.8) is 0 Å². The summed E-state index contributed by atoms with van der Waals surface area (Å²) in [5.74, 6) is 0.531. The molecule has 2 aromatic heterocycles. The van der Waals surface area contributed by atoms with Crippen molar-refractivity contribution in [2.75, 3.05) is 12.4 Å². The number of aromatic nitrogens is 4. The molecule has 0 radical (unpaired) electrons. The zero-order chi connectivity index (χ0) is 14.8. The van der Waals surface area contributed by atoms with Gasteiger partial charge in [0.05, 0.1) is 11.7 Å². The van der Waals surface area contributed by atoms with Crippen LogP contribution in [0.3, 0.4) is 0 Å². The number of sulfonamides is 1. The Balaban J connectivity index is 2.30. The van der Waals surface area contributed by atoms with E-state index < -0.39 is 16.1 Å². The minimum absolute atomic E-state index is 0.0940. The minimum atomic E-state index is -3.70. The zero-order valence-corrected chi connectivity index (χ0v) is 12.2. The van der Waals surface area contributed by atoms with Crippen LogP contribution in [0.25, 0.3) is 0 Å². The number of hydrogen-bond donors (Lipinski definition) is 2. The normalized spacial score (nSPS) is 13.2. The van der Waals surface area contributed by atoms with Gasteiger partial charge in [0.1, 0.15) is 17.0 Å². The van der Waals surface area contributed by atoms with Gasteiger partial charge in [-0.05, 0) is 13.0 Å². The number of rotatable bonds is 5. The molecule has 0 aromatic carbocycles. The molecule has 2 aromatic rings. The highest BCUT2D eigenvalue weighted by Gasteiger charge is 2.23. The Morgan fingerprint density at radius 2 is 2.15 bits per heavy atom. The second-order valence-corrected chi connectivity index (χ2v) is 5.95. The van der Waals surface area contributed by atoms with E-state index in [0.717, 1.165) is 0 Å². The molecular weight excluding hydrogens is 280 g/mol. The van der Waals surface area contributed by atoms with Crippen molar-refractivity contribution in [3.8, 4) is 0 Å². The molecule has 0 amide bonds. The van der Waals surface area contributed by atoms with E-state index in [1.54, 1.807) is 31.7 Å². The molecule has 108 valence electrons. The van der Waals surface area contributed by atoms with Crippen LogP contribution in [0.1, 0.15) is 18.8 Å². The fraction of sp³-hybridized carbons (Fsp3) is 0.364. The van der Waals surface area contributed by atoms with E-state index in [4.69, 9.17) is 0 Å². The Bertz CT molecular complexity index is 696. The molecule has 2 rings (SSSR count). The monoisotopic (exact) mass is 296 g/mol. The van der Waals surface area contributed by atoms with Crippen LogP contribution in [0.15, 0.2) is 29.7 Å². The predicted octanol–water partition coefficient (Wildman–Crippen LogP) is 0.291. The van der Waals surface area contributed by atoms with Crippen molar-refractivity contribution in [2.24, 2.45) is 7.05 Å². The van der Waals surface area contributed by atoms with E-state index in [0.29, 0.717) is 11.5 Å². The Morgan fingerprint density at radius 1 is 1.40 bits per heavy atom. The van der Waals surface area contributed by atoms with Crippen LogP contribution in [0, 0.1) is 0 Å². The van der Waals surface area contributed by atoms with Gasteiger partial charge in [-0.1, -0.05) is 0 Å². The molecule has 0 spiro atoms. The van der Waals surface area contributed by atoms with Gasteiger partial charge in [-0.3, -0.25) is 4.98 Å². The molecule has 1 unspecified atom stereocenters. The molecule has 0 aliphatic rings. The van der Waals surface area contributed by atoms with Crippen molar-refractivity contribution < 1.29 is 8.42 Å². The molecule has 0 saturated carbocycles. The highest BCUT2D eigenvalue weighted by atomic mass is 32.2. The fourth-order valence-electron chi connectivity index (χ4n) is 1.83. The van der Waals surface area contributed by atoms with Gasteiger partial charge in [0, 0.05) is 26.5 Å². The first-order chi connectivity index (χ1) is 9.45. The van der Waals surface area contributed by atoms with Gasteiger partial charge >= 0.3 is 0 Å². The molecule has 0 fully saturated rings. The topological polar surface area (TPSA) is 102 Å². The number of nitrogens with one attached hydrogen (secondary N) is 2. The third-order valence-corrected chi connectivity index (χ3v) is 4.38. The highest BCUT2D eigenvalue weighted by Crippen LogP contribution is 2.21. The minimum Gasteiger partial charge on any atom is -0.387 e. The smallest absolute Gasteiger partial charge is 0.244 e. The van der Waals surface area contributed by atoms with E-state index in [2.05, 4.69) is 25.2 Å². The molecule has 9 heteroatoms. The summed E-state index contributed by atoms with van der Waals surface area (Å²) in [6, 6.07) is 1.10. The lowest BCUT2D eigenvalue weighted by Gasteiger charge is -2.15. The first kappa shape index (κ1) is 14.4. The maximum Gasteiger partial charge on any atom is 0.244 e. The van der Waals surface area contributed by atoms with Crippen LogP contribution in [0.5, 0.6) is 0 Å². The Morgan fingerprint density at radius 3 is 2.75 bits per heavy atom. The molecule has 2 N–H and O–H groups in total. The summed E-state index contributed by atoms with van der Waals surface area (Å²) in [7, 11) is -0.295. The Kier molecular flexibility index (Phi) is 4.00. The lowest BCUT2D eigenvalue weighted by Crippen LogP contribution is -2.29. The zero-order valence-electron chi connectivity index (χ0n) is 11.4. The number of pyridine rings is 1. The van der Waals surface area contributed by atoms with E-state index >= 15 is 0 Å². The van der Waals surface area contributed by atoms with Crippen molar-refractivity contribution >= 4 is 15.7 Å². The van der Waals surface area contributed by atoms with Gasteiger partial charge in [-0.25, -0.2) is 13.1 Å². The summed E-state index contributed by atoms with van der Waals surface area (Å²) < 4.78 is 29.0. The number of nitrogens with zero attached hydrogens (tertiary/aromatic N) is 4. The standard InChI is InChI=1S/C11H16N6O2S/c1-8(11-15-14-7-17(11)3)16-20(18,19)10-6-13-5-4-9(10)12-2/h4-8,16H,1-3H3,(H,12,13). The average Bonchev–Trinajstić information content (AvgIpc) is 2.84. The molecule has 1 atom stereocenters. The molecule has 2 heterocycles. The van der Waals surface area contributed by atoms with Crippen LogP contribution < -0.4 is 10.0 Å². The van der Waals surface area contributed by atoms with Crippen molar-refractivity contribution in [1.29, 1.82) is 0 Å². The number of anilines is 1. The first-order valence-corrected chi connectivity index (χ1v) is 7.42. The van der Waals surface area contributed by atoms with Crippen molar-refractivity contribution in [1.82, 2.24) is 24.5 Å². The Hall–Kier alpha value is -2.00. The largest absolute Gasteiger partial charge is 0.387 e. The lowest BCUT2D eigenvalue weighted by molar-refractivity contribution is 0.553. The molecule has 0 bridgehead atoms. The van der Waals surface area contributed by atoms with Crippen molar-refractivity contribution in [2.45, 2.75) is 17.9 Å². The lowest BCUT2D eigenvalue weighted by atomic mass is 10.3. The molecule has 0 aliphatic heterocycles. The van der Waals surface area contributed by atoms with Gasteiger partial charge in [0.15, 0.2) is 0 Å². The van der Waals surface area contributed by atoms with E-state index in [-0.39, 0.29) is 4.90 Å². The highest BCUT2D eigenvalue weighted by molar-refractivity contribution is 7.89. The summed E-state index contributed by atoms with van der Waals surface area (Å²) in [5, 5.41) is 10.5. The summed E-state index contributed by atoms with van der Waals surface area (Å²) in [6.45, 7) is 1.71. The molecule has 8 nitrogen and oxygen atoms in total. The van der Waals surface area contributed by atoms with Gasteiger partial charge in [-0.15, -0.1) is 10.2 Å². The Labute approximate surface area is 117 Å². The second kappa shape index (κ2) is 5.55. The van der Waals surface area contributed by atoms with Gasteiger partial charge in [0.25, 0.3) is 0 Å². The predicted molar refractivity (Wildman–Crippen MR) is 73.5 cm³/mol. The fourth-order valence-corrected chi connectivity index (χ4v) is 3.19. The van der Waals surface area contributed by atoms with Crippen LogP contribution in [-0.4, -0.2) is 35.2 Å². The summed E-state index contributed by atoms with van der Waals surface area (Å²) >= 11 is 0. The maximum absolute atomic E-state index is 12.4. The van der Waals surface area contributed by atoms with E-state index in [1.165, 1.54) is 18.7 Å². The number of aryl methyl sites for hydroxylation is 1. The van der Waals surface area contributed by atoms with Crippen LogP contribution in [0.2, 0.25) is 0 Å². The van der Waals surface area contributed by atoms with E-state index in [9.17, 15) is 8.42 Å². The van der Waals surface area contributed by atoms with Gasteiger partial charge < -0.3 is 9.88 Å².